The summed E-state index contributed by atoms with van der Waals surface area (Å²) >= 11 is 1.46. The summed E-state index contributed by atoms with van der Waals surface area (Å²) in [5.41, 5.74) is 4.65. The van der Waals surface area contributed by atoms with E-state index in [1.54, 1.807) is 12.0 Å². The third-order valence-corrected chi connectivity index (χ3v) is 8.18. The fourth-order valence-corrected chi connectivity index (χ4v) is 6.26. The van der Waals surface area contributed by atoms with E-state index in [0.29, 0.717) is 24.1 Å². The molecule has 1 atom stereocenters. The predicted molar refractivity (Wildman–Crippen MR) is 144 cm³/mol. The Hall–Kier alpha value is -3.10. The quantitative estimate of drug-likeness (QED) is 0.325. The number of benzene rings is 1. The van der Waals surface area contributed by atoms with Crippen LogP contribution in [0.4, 0.5) is 5.13 Å². The van der Waals surface area contributed by atoms with Crippen molar-refractivity contribution < 1.29 is 19.4 Å². The van der Waals surface area contributed by atoms with Crippen molar-refractivity contribution in [2.24, 2.45) is 11.8 Å². The lowest BCUT2D eigenvalue weighted by Crippen LogP contribution is -2.39. The monoisotopic (exact) mass is 519 g/mol. The summed E-state index contributed by atoms with van der Waals surface area (Å²) in [6.45, 7) is 0.464. The second-order valence-corrected chi connectivity index (χ2v) is 11.0. The number of hydrogen-bond donors (Lipinski definition) is 1. The maximum absolute atomic E-state index is 13.8. The Morgan fingerprint density at radius 1 is 1.11 bits per heavy atom. The van der Waals surface area contributed by atoms with Crippen LogP contribution in [0.15, 0.2) is 48.0 Å². The van der Waals surface area contributed by atoms with Gasteiger partial charge in [-0.05, 0) is 36.8 Å². The Morgan fingerprint density at radius 3 is 2.51 bits per heavy atom. The topological polar surface area (TPSA) is 92.6 Å². The molecule has 2 saturated carbocycles. The van der Waals surface area contributed by atoms with Crippen LogP contribution in [0.2, 0.25) is 0 Å². The summed E-state index contributed by atoms with van der Waals surface area (Å²) in [5.74, 6) is -1.05. The number of aromatic nitrogens is 2. The Kier molecular flexibility index (Phi) is 7.96. The van der Waals surface area contributed by atoms with Gasteiger partial charge in [-0.25, -0.2) is 4.98 Å². The SMILES string of the molecule is COCc1ccc(-c2ccccc2-c2csc(N(C(=O)[C@@H](CC(=O)O)CC3CCCC3)C3CC3)n2)cn1. The Morgan fingerprint density at radius 2 is 1.86 bits per heavy atom. The normalized spacial score (nSPS) is 16.6. The summed E-state index contributed by atoms with van der Waals surface area (Å²) in [5, 5.41) is 12.2. The molecule has 0 spiro atoms. The average Bonchev–Trinajstić information content (AvgIpc) is 3.37. The molecule has 2 aliphatic rings. The molecule has 2 aromatic heterocycles. The van der Waals surface area contributed by atoms with Gasteiger partial charge in [0, 0.05) is 41.8 Å². The zero-order valence-electron chi connectivity index (χ0n) is 21.1. The predicted octanol–water partition coefficient (Wildman–Crippen LogP) is 6.19. The summed E-state index contributed by atoms with van der Waals surface area (Å²) in [6, 6.07) is 12.2. The minimum atomic E-state index is -0.911. The van der Waals surface area contributed by atoms with Crippen LogP contribution < -0.4 is 4.90 Å². The molecule has 2 heterocycles. The molecule has 0 aliphatic heterocycles. The molecule has 8 heteroatoms. The standard InChI is InChI=1S/C29H33N3O4S/c1-36-17-22-11-10-20(16-30-22)24-8-4-5-9-25(24)26-18-37-29(31-26)32(23-12-13-23)28(35)21(15-27(33)34)14-19-6-2-3-7-19/h4-5,8-11,16,18-19,21,23H,2-3,6-7,12-15,17H2,1H3,(H,33,34)/t21-/m1/s1. The van der Waals surface area contributed by atoms with E-state index in [9.17, 15) is 14.7 Å². The van der Waals surface area contributed by atoms with E-state index in [1.165, 1.54) is 24.2 Å². The molecule has 2 aliphatic carbocycles. The maximum atomic E-state index is 13.8. The Bertz CT molecular complexity index is 1230. The van der Waals surface area contributed by atoms with Gasteiger partial charge in [0.1, 0.15) is 0 Å². The number of pyridine rings is 1. The van der Waals surface area contributed by atoms with E-state index >= 15 is 0 Å². The minimum Gasteiger partial charge on any atom is -0.481 e. The molecule has 1 amide bonds. The molecule has 0 saturated heterocycles. The summed E-state index contributed by atoms with van der Waals surface area (Å²) in [4.78, 5) is 36.7. The molecule has 5 rings (SSSR count). The van der Waals surface area contributed by atoms with Crippen molar-refractivity contribution in [3.8, 4) is 22.4 Å². The van der Waals surface area contributed by atoms with Gasteiger partial charge in [-0.15, -0.1) is 11.3 Å². The van der Waals surface area contributed by atoms with E-state index in [1.807, 2.05) is 41.9 Å². The van der Waals surface area contributed by atoms with E-state index in [-0.39, 0.29) is 18.4 Å². The summed E-state index contributed by atoms with van der Waals surface area (Å²) < 4.78 is 5.17. The first-order valence-corrected chi connectivity index (χ1v) is 14.0. The maximum Gasteiger partial charge on any atom is 0.304 e. The molecule has 0 bridgehead atoms. The van der Waals surface area contributed by atoms with Gasteiger partial charge >= 0.3 is 5.97 Å². The first-order chi connectivity index (χ1) is 18.0. The van der Waals surface area contributed by atoms with Gasteiger partial charge in [0.05, 0.1) is 24.4 Å². The highest BCUT2D eigenvalue weighted by Crippen LogP contribution is 2.40. The first kappa shape index (κ1) is 25.5. The van der Waals surface area contributed by atoms with Crippen molar-refractivity contribution in [3.05, 3.63) is 53.7 Å². The first-order valence-electron chi connectivity index (χ1n) is 13.1. The molecule has 1 aromatic carbocycles. The number of carbonyl (C=O) groups is 2. The molecule has 2 fully saturated rings. The fraction of sp³-hybridized carbons (Fsp3) is 0.448. The van der Waals surface area contributed by atoms with E-state index in [0.717, 1.165) is 53.8 Å². The summed E-state index contributed by atoms with van der Waals surface area (Å²) in [7, 11) is 1.65. The molecule has 194 valence electrons. The van der Waals surface area contributed by atoms with Crippen molar-refractivity contribution in [2.45, 2.75) is 64.0 Å². The van der Waals surface area contributed by atoms with E-state index < -0.39 is 11.9 Å². The van der Waals surface area contributed by atoms with Gasteiger partial charge in [0.2, 0.25) is 5.91 Å². The molecule has 3 aromatic rings. The number of rotatable bonds is 11. The lowest BCUT2D eigenvalue weighted by molar-refractivity contribution is -0.141. The van der Waals surface area contributed by atoms with Crippen LogP contribution in [0.5, 0.6) is 0 Å². The Labute approximate surface area is 221 Å². The largest absolute Gasteiger partial charge is 0.481 e. The number of methoxy groups -OCH3 is 1. The van der Waals surface area contributed by atoms with Crippen LogP contribution in [0.3, 0.4) is 0 Å². The van der Waals surface area contributed by atoms with Crippen LogP contribution >= 0.6 is 11.3 Å². The molecule has 7 nitrogen and oxygen atoms in total. The minimum absolute atomic E-state index is 0.0797. The summed E-state index contributed by atoms with van der Waals surface area (Å²) in [6.07, 6.45) is 8.77. The smallest absolute Gasteiger partial charge is 0.304 e. The van der Waals surface area contributed by atoms with Gasteiger partial charge in [-0.3, -0.25) is 19.5 Å². The van der Waals surface area contributed by atoms with Crippen LogP contribution in [-0.4, -0.2) is 40.1 Å². The van der Waals surface area contributed by atoms with Gasteiger partial charge in [-0.1, -0.05) is 56.0 Å². The number of anilines is 1. The van der Waals surface area contributed by atoms with Gasteiger partial charge in [0.15, 0.2) is 5.13 Å². The van der Waals surface area contributed by atoms with Gasteiger partial charge < -0.3 is 9.84 Å². The van der Waals surface area contributed by atoms with Crippen LogP contribution in [0.1, 0.15) is 57.1 Å². The van der Waals surface area contributed by atoms with Crippen molar-refractivity contribution in [2.75, 3.05) is 12.0 Å². The van der Waals surface area contributed by atoms with Crippen LogP contribution in [0.25, 0.3) is 22.4 Å². The van der Waals surface area contributed by atoms with Crippen molar-refractivity contribution in [1.29, 1.82) is 0 Å². The fourth-order valence-electron chi connectivity index (χ4n) is 5.36. The highest BCUT2D eigenvalue weighted by molar-refractivity contribution is 7.14. The highest BCUT2D eigenvalue weighted by atomic mass is 32.1. The highest BCUT2D eigenvalue weighted by Gasteiger charge is 2.40. The average molecular weight is 520 g/mol. The van der Waals surface area contributed by atoms with Gasteiger partial charge in [0.25, 0.3) is 0 Å². The molecule has 1 N–H and O–H groups in total. The number of ether oxygens (including phenoxy) is 1. The second kappa shape index (κ2) is 11.5. The lowest BCUT2D eigenvalue weighted by atomic mass is 9.90. The molecule has 37 heavy (non-hydrogen) atoms. The zero-order valence-corrected chi connectivity index (χ0v) is 22.0. The second-order valence-electron chi connectivity index (χ2n) is 10.2. The van der Waals surface area contributed by atoms with Crippen molar-refractivity contribution in [1.82, 2.24) is 9.97 Å². The van der Waals surface area contributed by atoms with Crippen molar-refractivity contribution in [3.63, 3.8) is 0 Å². The Balaban J connectivity index is 1.42. The van der Waals surface area contributed by atoms with E-state index in [2.05, 4.69) is 11.1 Å². The third-order valence-electron chi connectivity index (χ3n) is 7.34. The number of amides is 1. The third kappa shape index (κ3) is 6.08. The van der Waals surface area contributed by atoms with E-state index in [4.69, 9.17) is 9.72 Å². The number of carbonyl (C=O) groups excluding carboxylic acids is 1. The number of carboxylic acids is 1. The van der Waals surface area contributed by atoms with Crippen LogP contribution in [-0.2, 0) is 20.9 Å². The van der Waals surface area contributed by atoms with Crippen LogP contribution in [0, 0.1) is 11.8 Å². The molecular weight excluding hydrogens is 486 g/mol. The number of aliphatic carboxylic acids is 1. The molecule has 0 unspecified atom stereocenters. The number of nitrogens with zero attached hydrogens (tertiary/aromatic N) is 3. The number of thiazole rings is 1. The number of carboxylic acid groups (broad SMARTS) is 1. The lowest BCUT2D eigenvalue weighted by Gasteiger charge is -2.26. The molecular formula is C29H33N3O4S. The van der Waals surface area contributed by atoms with Gasteiger partial charge in [-0.2, -0.15) is 0 Å². The zero-order chi connectivity index (χ0) is 25.8. The van der Waals surface area contributed by atoms with Crippen molar-refractivity contribution >= 4 is 28.3 Å². The number of hydrogen-bond acceptors (Lipinski definition) is 6. The molecule has 0 radical (unpaired) electrons.